The lowest BCUT2D eigenvalue weighted by molar-refractivity contribution is -0.131. The second kappa shape index (κ2) is 7.49. The largest absolute Gasteiger partial charge is 0.478 e. The molecule has 112 valence electrons. The molecule has 22 heavy (non-hydrogen) atoms. The molecule has 0 radical (unpaired) electrons. The summed E-state index contributed by atoms with van der Waals surface area (Å²) < 4.78 is 5.62. The minimum absolute atomic E-state index is 0.533. The van der Waals surface area contributed by atoms with E-state index in [9.17, 15) is 9.59 Å². The highest BCUT2D eigenvalue weighted by molar-refractivity contribution is 5.90. The van der Waals surface area contributed by atoms with Crippen LogP contribution in [-0.2, 0) is 4.79 Å². The third-order valence-corrected chi connectivity index (χ3v) is 2.53. The molecule has 6 nitrogen and oxygen atoms in total. The second-order valence-corrected chi connectivity index (χ2v) is 4.21. The highest BCUT2D eigenvalue weighted by Gasteiger charge is 2.01. The molecule has 0 fully saturated rings. The minimum Gasteiger partial charge on any atom is -0.478 e. The fourth-order valence-corrected chi connectivity index (χ4v) is 1.59. The third kappa shape index (κ3) is 5.01. The van der Waals surface area contributed by atoms with Crippen LogP contribution in [0.25, 0.3) is 0 Å². The molecule has 0 atom stereocenters. The molecule has 0 aliphatic heterocycles. The van der Waals surface area contributed by atoms with Crippen LogP contribution >= 0.6 is 0 Å². The maximum absolute atomic E-state index is 11.5. The van der Waals surface area contributed by atoms with Crippen LogP contribution in [0.5, 0.6) is 11.5 Å². The quantitative estimate of drug-likeness (QED) is 0.740. The van der Waals surface area contributed by atoms with E-state index in [1.807, 2.05) is 30.3 Å². The molecular formula is C16H14N2O4. The summed E-state index contributed by atoms with van der Waals surface area (Å²) in [7, 11) is 0. The number of carbonyl (C=O) groups is 2. The first-order valence-electron chi connectivity index (χ1n) is 6.43. The molecule has 0 bridgehead atoms. The number of amides is 2. The Hall–Kier alpha value is -3.28. The zero-order chi connectivity index (χ0) is 15.8. The van der Waals surface area contributed by atoms with Gasteiger partial charge >= 0.3 is 12.0 Å². The molecule has 0 saturated carbocycles. The van der Waals surface area contributed by atoms with Crippen molar-refractivity contribution in [3.63, 3.8) is 0 Å². The van der Waals surface area contributed by atoms with E-state index in [2.05, 4.69) is 10.6 Å². The summed E-state index contributed by atoms with van der Waals surface area (Å²) in [6, 6.07) is 15.6. The molecule has 2 rings (SSSR count). The molecule has 0 aliphatic rings. The van der Waals surface area contributed by atoms with Crippen LogP contribution in [0.2, 0.25) is 0 Å². The minimum atomic E-state index is -1.14. The van der Waals surface area contributed by atoms with Crippen LogP contribution in [0.4, 0.5) is 10.5 Å². The number of hydrogen-bond donors (Lipinski definition) is 3. The maximum atomic E-state index is 11.5. The predicted octanol–water partition coefficient (Wildman–Crippen LogP) is 3.20. The number of urea groups is 1. The van der Waals surface area contributed by atoms with Gasteiger partial charge in [0.15, 0.2) is 0 Å². The van der Waals surface area contributed by atoms with E-state index < -0.39 is 12.0 Å². The van der Waals surface area contributed by atoms with E-state index >= 15 is 0 Å². The van der Waals surface area contributed by atoms with Crippen LogP contribution in [0.15, 0.2) is 66.9 Å². The van der Waals surface area contributed by atoms with Gasteiger partial charge in [-0.15, -0.1) is 0 Å². The van der Waals surface area contributed by atoms with Crippen LogP contribution in [-0.4, -0.2) is 17.1 Å². The van der Waals surface area contributed by atoms with Gasteiger partial charge in [-0.2, -0.15) is 0 Å². The summed E-state index contributed by atoms with van der Waals surface area (Å²) in [4.78, 5) is 21.7. The Balaban J connectivity index is 1.89. The van der Waals surface area contributed by atoms with Crippen molar-refractivity contribution in [3.05, 3.63) is 66.9 Å². The van der Waals surface area contributed by atoms with Crippen molar-refractivity contribution in [2.45, 2.75) is 0 Å². The lowest BCUT2D eigenvalue weighted by Gasteiger charge is -2.07. The van der Waals surface area contributed by atoms with E-state index in [1.165, 1.54) is 0 Å². The summed E-state index contributed by atoms with van der Waals surface area (Å²) in [6.07, 6.45) is 1.88. The molecule has 3 N–H and O–H groups in total. The van der Waals surface area contributed by atoms with Crippen molar-refractivity contribution in [2.24, 2.45) is 0 Å². The molecule has 2 aromatic carbocycles. The van der Waals surface area contributed by atoms with Gasteiger partial charge in [0.2, 0.25) is 0 Å². The lowest BCUT2D eigenvalue weighted by atomic mass is 10.3. The number of hydrogen-bond acceptors (Lipinski definition) is 3. The summed E-state index contributed by atoms with van der Waals surface area (Å²) >= 11 is 0. The standard InChI is InChI=1S/C16H14N2O4/c19-15(20)10-11-17-16(21)18-12-6-8-14(9-7-12)22-13-4-2-1-3-5-13/h1-11H,(H,19,20)(H2,17,18,21)/b11-10+. The summed E-state index contributed by atoms with van der Waals surface area (Å²) in [5, 5.41) is 13.2. The van der Waals surface area contributed by atoms with E-state index in [0.717, 1.165) is 18.0 Å². The van der Waals surface area contributed by atoms with Crippen LogP contribution in [0.3, 0.4) is 0 Å². The van der Waals surface area contributed by atoms with Crippen molar-refractivity contribution in [2.75, 3.05) is 5.32 Å². The van der Waals surface area contributed by atoms with Crippen LogP contribution in [0.1, 0.15) is 0 Å². The number of nitrogens with one attached hydrogen (secondary N) is 2. The zero-order valence-electron chi connectivity index (χ0n) is 11.5. The Morgan fingerprint density at radius 1 is 0.955 bits per heavy atom. The molecule has 0 spiro atoms. The van der Waals surface area contributed by atoms with Gasteiger partial charge in [0, 0.05) is 18.0 Å². The maximum Gasteiger partial charge on any atom is 0.329 e. The third-order valence-electron chi connectivity index (χ3n) is 2.53. The fraction of sp³-hybridized carbons (Fsp3) is 0. The first-order valence-corrected chi connectivity index (χ1v) is 6.43. The van der Waals surface area contributed by atoms with Gasteiger partial charge in [0.05, 0.1) is 0 Å². The van der Waals surface area contributed by atoms with E-state index in [4.69, 9.17) is 9.84 Å². The van der Waals surface area contributed by atoms with Gasteiger partial charge in [0.1, 0.15) is 11.5 Å². The molecule has 2 amide bonds. The van der Waals surface area contributed by atoms with Gasteiger partial charge in [-0.3, -0.25) is 0 Å². The molecule has 0 aromatic heterocycles. The van der Waals surface area contributed by atoms with E-state index in [1.54, 1.807) is 24.3 Å². The Labute approximate surface area is 127 Å². The molecule has 2 aromatic rings. The van der Waals surface area contributed by atoms with Crippen molar-refractivity contribution in [1.82, 2.24) is 5.32 Å². The molecular weight excluding hydrogens is 284 g/mol. The second-order valence-electron chi connectivity index (χ2n) is 4.21. The average molecular weight is 298 g/mol. The Morgan fingerprint density at radius 3 is 2.23 bits per heavy atom. The SMILES string of the molecule is O=C(O)/C=C/NC(=O)Nc1ccc(Oc2ccccc2)cc1. The van der Waals surface area contributed by atoms with Crippen molar-refractivity contribution < 1.29 is 19.4 Å². The van der Waals surface area contributed by atoms with Crippen molar-refractivity contribution >= 4 is 17.7 Å². The van der Waals surface area contributed by atoms with Gasteiger partial charge < -0.3 is 20.5 Å². The van der Waals surface area contributed by atoms with Gasteiger partial charge in [-0.25, -0.2) is 9.59 Å². The van der Waals surface area contributed by atoms with Crippen molar-refractivity contribution in [1.29, 1.82) is 0 Å². The van der Waals surface area contributed by atoms with E-state index in [0.29, 0.717) is 11.4 Å². The number of anilines is 1. The summed E-state index contributed by atoms with van der Waals surface area (Å²) in [5.74, 6) is 0.227. The Bertz CT molecular complexity index is 666. The Kier molecular flexibility index (Phi) is 5.15. The molecule has 0 unspecified atom stereocenters. The molecule has 0 heterocycles. The van der Waals surface area contributed by atoms with Gasteiger partial charge in [0.25, 0.3) is 0 Å². The fourth-order valence-electron chi connectivity index (χ4n) is 1.59. The number of carbonyl (C=O) groups excluding carboxylic acids is 1. The van der Waals surface area contributed by atoms with Crippen molar-refractivity contribution in [3.8, 4) is 11.5 Å². The van der Waals surface area contributed by atoms with Crippen LogP contribution in [0, 0.1) is 0 Å². The summed E-state index contributed by atoms with van der Waals surface area (Å²) in [5.41, 5.74) is 0.557. The number of para-hydroxylation sites is 1. The molecule has 0 saturated heterocycles. The van der Waals surface area contributed by atoms with Crippen LogP contribution < -0.4 is 15.4 Å². The number of carboxylic acid groups (broad SMARTS) is 1. The monoisotopic (exact) mass is 298 g/mol. The number of ether oxygens (including phenoxy) is 1. The predicted molar refractivity (Wildman–Crippen MR) is 81.9 cm³/mol. The van der Waals surface area contributed by atoms with Gasteiger partial charge in [-0.1, -0.05) is 18.2 Å². The summed E-state index contributed by atoms with van der Waals surface area (Å²) in [6.45, 7) is 0. The Morgan fingerprint density at radius 2 is 1.59 bits per heavy atom. The highest BCUT2D eigenvalue weighted by atomic mass is 16.5. The number of carboxylic acids is 1. The van der Waals surface area contributed by atoms with Gasteiger partial charge in [-0.05, 0) is 36.4 Å². The first kappa shape index (κ1) is 15.1. The smallest absolute Gasteiger partial charge is 0.329 e. The molecule has 6 heteroatoms. The lowest BCUT2D eigenvalue weighted by Crippen LogP contribution is -2.24. The first-order chi connectivity index (χ1) is 10.6. The number of rotatable bonds is 5. The topological polar surface area (TPSA) is 87.7 Å². The highest BCUT2D eigenvalue weighted by Crippen LogP contribution is 2.22. The number of aliphatic carboxylic acids is 1. The average Bonchev–Trinajstić information content (AvgIpc) is 2.50. The zero-order valence-corrected chi connectivity index (χ0v) is 11.5. The van der Waals surface area contributed by atoms with E-state index in [-0.39, 0.29) is 0 Å². The number of benzene rings is 2. The molecule has 0 aliphatic carbocycles. The normalized spacial score (nSPS) is 10.2.